The zero-order valence-electron chi connectivity index (χ0n) is 19.4. The molecule has 2 aromatic carbocycles. The molecule has 0 bridgehead atoms. The number of nitrogens with zero attached hydrogens (tertiary/aromatic N) is 1. The second-order valence-corrected chi connectivity index (χ2v) is 9.11. The molecule has 0 aliphatic carbocycles. The number of carboxylic acid groups (broad SMARTS) is 1. The van der Waals surface area contributed by atoms with Crippen LogP contribution in [0.1, 0.15) is 31.9 Å². The average Bonchev–Trinajstić information content (AvgIpc) is 3.28. The van der Waals surface area contributed by atoms with Gasteiger partial charge < -0.3 is 19.7 Å². The van der Waals surface area contributed by atoms with Gasteiger partial charge in [-0.25, -0.2) is 4.90 Å². The number of benzene rings is 2. The van der Waals surface area contributed by atoms with Crippen LogP contribution in [0, 0.1) is 17.8 Å². The maximum Gasteiger partial charge on any atom is 0.324 e. The fourth-order valence-corrected chi connectivity index (χ4v) is 5.33. The van der Waals surface area contributed by atoms with Crippen LogP contribution in [0.25, 0.3) is 0 Å². The number of phenols is 1. The van der Waals surface area contributed by atoms with Crippen molar-refractivity contribution in [3.8, 4) is 17.2 Å². The highest BCUT2D eigenvalue weighted by atomic mass is 16.5. The maximum absolute atomic E-state index is 13.7. The van der Waals surface area contributed by atoms with Crippen LogP contribution >= 0.6 is 0 Å². The third-order valence-electron chi connectivity index (χ3n) is 6.68. The van der Waals surface area contributed by atoms with Gasteiger partial charge in [-0.3, -0.25) is 19.7 Å². The highest BCUT2D eigenvalue weighted by Gasteiger charge is 2.69. The Morgan fingerprint density at radius 1 is 1.09 bits per heavy atom. The van der Waals surface area contributed by atoms with E-state index in [0.717, 1.165) is 4.90 Å². The number of para-hydroxylation sites is 1. The maximum atomic E-state index is 13.7. The van der Waals surface area contributed by atoms with Crippen LogP contribution in [0.15, 0.2) is 42.5 Å². The highest BCUT2D eigenvalue weighted by Crippen LogP contribution is 2.53. The number of imide groups is 1. The topological polar surface area (TPSA) is 125 Å². The Kier molecular flexibility index (Phi) is 5.99. The van der Waals surface area contributed by atoms with Crippen molar-refractivity contribution >= 4 is 23.5 Å². The minimum absolute atomic E-state index is 0.0835. The molecular weight excluding hydrogens is 440 g/mol. The van der Waals surface area contributed by atoms with Gasteiger partial charge in [0.25, 0.3) is 0 Å². The van der Waals surface area contributed by atoms with Gasteiger partial charge in [-0.15, -0.1) is 0 Å². The summed E-state index contributed by atoms with van der Waals surface area (Å²) >= 11 is 0. The van der Waals surface area contributed by atoms with Crippen molar-refractivity contribution in [2.75, 3.05) is 19.1 Å². The number of amides is 2. The number of aliphatic carboxylic acids is 1. The molecule has 9 nitrogen and oxygen atoms in total. The first kappa shape index (κ1) is 23.6. The van der Waals surface area contributed by atoms with E-state index in [0.29, 0.717) is 17.0 Å². The van der Waals surface area contributed by atoms with Crippen LogP contribution in [0.3, 0.4) is 0 Å². The van der Waals surface area contributed by atoms with Gasteiger partial charge in [-0.1, -0.05) is 26.0 Å². The van der Waals surface area contributed by atoms with Crippen LogP contribution in [0.4, 0.5) is 5.69 Å². The lowest BCUT2D eigenvalue weighted by Gasteiger charge is -2.32. The molecule has 2 aliphatic rings. The predicted molar refractivity (Wildman–Crippen MR) is 123 cm³/mol. The Morgan fingerprint density at radius 3 is 2.32 bits per heavy atom. The summed E-state index contributed by atoms with van der Waals surface area (Å²) in [7, 11) is 2.91. The molecule has 4 atom stereocenters. The van der Waals surface area contributed by atoms with E-state index in [4.69, 9.17) is 9.47 Å². The lowest BCUT2D eigenvalue weighted by atomic mass is 9.75. The number of carbonyl (C=O) groups excluding carboxylic acids is 2. The molecule has 2 amide bonds. The number of hydrogen-bond donors (Lipinski definition) is 3. The number of hydrogen-bond acceptors (Lipinski definition) is 7. The van der Waals surface area contributed by atoms with E-state index in [1.807, 2.05) is 13.8 Å². The van der Waals surface area contributed by atoms with Crippen molar-refractivity contribution in [3.05, 3.63) is 48.0 Å². The van der Waals surface area contributed by atoms with Crippen molar-refractivity contribution in [3.63, 3.8) is 0 Å². The second-order valence-electron chi connectivity index (χ2n) is 9.11. The molecular formula is C25H28N2O7. The zero-order valence-corrected chi connectivity index (χ0v) is 19.4. The number of ether oxygens (including phenoxy) is 2. The average molecular weight is 469 g/mol. The van der Waals surface area contributed by atoms with E-state index in [1.54, 1.807) is 42.5 Å². The van der Waals surface area contributed by atoms with Gasteiger partial charge in [-0.05, 0) is 42.7 Å². The van der Waals surface area contributed by atoms with Crippen LogP contribution in [0.5, 0.6) is 17.2 Å². The molecule has 0 aromatic heterocycles. The van der Waals surface area contributed by atoms with Gasteiger partial charge in [0.15, 0.2) is 11.5 Å². The number of carbonyl (C=O) groups is 3. The van der Waals surface area contributed by atoms with Crippen molar-refractivity contribution in [1.29, 1.82) is 0 Å². The summed E-state index contributed by atoms with van der Waals surface area (Å²) in [5.41, 5.74) is -1.05. The molecule has 4 rings (SSSR count). The zero-order chi connectivity index (χ0) is 24.8. The van der Waals surface area contributed by atoms with Crippen LogP contribution in [-0.2, 0) is 14.4 Å². The molecule has 3 N–H and O–H groups in total. The fraction of sp³-hybridized carbons (Fsp3) is 0.400. The van der Waals surface area contributed by atoms with Crippen LogP contribution in [0.2, 0.25) is 0 Å². The minimum Gasteiger partial charge on any atom is -0.504 e. The fourth-order valence-electron chi connectivity index (χ4n) is 5.33. The van der Waals surface area contributed by atoms with E-state index < -0.39 is 41.2 Å². The standard InChI is InChI=1S/C25H28N2O7/c1-13(2)12-25(24(31)32)19-18(20(26-25)16-6-5-7-17(34-4)21(16)28)22(29)27(23(19)30)14-8-10-15(33-3)11-9-14/h5-11,13,18-20,26,28H,12H2,1-4H3,(H,31,32)/t18-,19-,20-,25-/m0/s1. The molecule has 0 saturated carbocycles. The summed E-state index contributed by atoms with van der Waals surface area (Å²) in [5.74, 6) is -4.03. The summed E-state index contributed by atoms with van der Waals surface area (Å²) in [6.07, 6.45) is 0.125. The first-order valence-corrected chi connectivity index (χ1v) is 11.0. The number of phenolic OH excluding ortho intramolecular Hbond substituents is 1. The first-order chi connectivity index (χ1) is 16.2. The normalized spacial score (nSPS) is 26.1. The summed E-state index contributed by atoms with van der Waals surface area (Å²) in [6, 6.07) is 10.4. The van der Waals surface area contributed by atoms with E-state index in [-0.39, 0.29) is 23.8 Å². The SMILES string of the molecule is COc1ccc(N2C(=O)[C@H]3[C@@H](C2=O)[C@@](CC(C)C)(C(=O)O)N[C@H]3c2cccc(OC)c2O)cc1. The number of rotatable bonds is 7. The van der Waals surface area contributed by atoms with Crippen molar-refractivity contribution in [2.24, 2.45) is 17.8 Å². The van der Waals surface area contributed by atoms with Crippen LogP contribution in [-0.4, -0.2) is 47.8 Å². The second kappa shape index (κ2) is 8.64. The smallest absolute Gasteiger partial charge is 0.324 e. The number of anilines is 1. The predicted octanol–water partition coefficient (Wildman–Crippen LogP) is 2.73. The van der Waals surface area contributed by atoms with E-state index in [9.17, 15) is 24.6 Å². The van der Waals surface area contributed by atoms with Gasteiger partial charge >= 0.3 is 5.97 Å². The Balaban J connectivity index is 1.88. The van der Waals surface area contributed by atoms with Crippen LogP contribution < -0.4 is 19.7 Å². The highest BCUT2D eigenvalue weighted by molar-refractivity contribution is 6.24. The number of methoxy groups -OCH3 is 2. The molecule has 2 heterocycles. The third-order valence-corrected chi connectivity index (χ3v) is 6.68. The number of fused-ring (bicyclic) bond motifs is 1. The van der Waals surface area contributed by atoms with E-state index in [1.165, 1.54) is 14.2 Å². The molecule has 180 valence electrons. The van der Waals surface area contributed by atoms with Gasteiger partial charge in [0, 0.05) is 11.6 Å². The van der Waals surface area contributed by atoms with Crippen molar-refractivity contribution in [1.82, 2.24) is 5.32 Å². The monoisotopic (exact) mass is 468 g/mol. The molecule has 0 spiro atoms. The summed E-state index contributed by atoms with van der Waals surface area (Å²) in [6.45, 7) is 3.72. The molecule has 2 fully saturated rings. The molecule has 0 unspecified atom stereocenters. The third kappa shape index (κ3) is 3.47. The molecule has 34 heavy (non-hydrogen) atoms. The molecule has 0 radical (unpaired) electrons. The molecule has 2 saturated heterocycles. The first-order valence-electron chi connectivity index (χ1n) is 11.0. The van der Waals surface area contributed by atoms with E-state index in [2.05, 4.69) is 5.32 Å². The lowest BCUT2D eigenvalue weighted by molar-refractivity contribution is -0.149. The lowest BCUT2D eigenvalue weighted by Crippen LogP contribution is -2.56. The van der Waals surface area contributed by atoms with Gasteiger partial charge in [0.05, 0.1) is 31.7 Å². The molecule has 2 aliphatic heterocycles. The number of carboxylic acids is 1. The minimum atomic E-state index is -1.69. The largest absolute Gasteiger partial charge is 0.504 e. The summed E-state index contributed by atoms with van der Waals surface area (Å²) < 4.78 is 10.4. The Bertz CT molecular complexity index is 1130. The Hall–Kier alpha value is -3.59. The van der Waals surface area contributed by atoms with Gasteiger partial charge in [0.1, 0.15) is 11.3 Å². The summed E-state index contributed by atoms with van der Waals surface area (Å²) in [5, 5.41) is 24.3. The number of nitrogens with one attached hydrogen (secondary N) is 1. The van der Waals surface area contributed by atoms with Gasteiger partial charge in [0.2, 0.25) is 11.8 Å². The Labute approximate surface area is 197 Å². The van der Waals surface area contributed by atoms with Gasteiger partial charge in [-0.2, -0.15) is 0 Å². The Morgan fingerprint density at radius 2 is 1.76 bits per heavy atom. The number of aromatic hydroxyl groups is 1. The summed E-state index contributed by atoms with van der Waals surface area (Å²) in [4.78, 5) is 41.2. The van der Waals surface area contributed by atoms with Crippen molar-refractivity contribution in [2.45, 2.75) is 31.8 Å². The quantitative estimate of drug-likeness (QED) is 0.530. The van der Waals surface area contributed by atoms with Crippen molar-refractivity contribution < 1.29 is 34.1 Å². The molecule has 2 aromatic rings. The van der Waals surface area contributed by atoms with E-state index >= 15 is 0 Å². The molecule has 9 heteroatoms.